The lowest BCUT2D eigenvalue weighted by Gasteiger charge is -2.13. The van der Waals surface area contributed by atoms with Gasteiger partial charge >= 0.3 is 5.97 Å². The normalized spacial score (nSPS) is 15.0. The fourth-order valence-corrected chi connectivity index (χ4v) is 3.99. The summed E-state index contributed by atoms with van der Waals surface area (Å²) in [6.45, 7) is -0.524. The van der Waals surface area contributed by atoms with E-state index in [0.717, 1.165) is 16.7 Å². The lowest BCUT2D eigenvalue weighted by atomic mass is 10.1. The molecule has 2 amide bonds. The fourth-order valence-electron chi connectivity index (χ4n) is 2.68. The van der Waals surface area contributed by atoms with Crippen LogP contribution >= 0.6 is 35.0 Å². The van der Waals surface area contributed by atoms with Gasteiger partial charge in [0.15, 0.2) is 18.1 Å². The minimum absolute atomic E-state index is 0.0632. The van der Waals surface area contributed by atoms with Crippen LogP contribution in [0.1, 0.15) is 11.1 Å². The Bertz CT molecular complexity index is 1060. The first-order valence-corrected chi connectivity index (χ1v) is 10.1. The Hall–Kier alpha value is -2.68. The zero-order valence-corrected chi connectivity index (χ0v) is 17.9. The van der Waals surface area contributed by atoms with Crippen molar-refractivity contribution in [3.8, 4) is 11.5 Å². The molecule has 3 rings (SSSR count). The summed E-state index contributed by atoms with van der Waals surface area (Å²) in [5, 5.41) is 8.94. The summed E-state index contributed by atoms with van der Waals surface area (Å²) in [6, 6.07) is 10.00. The van der Waals surface area contributed by atoms with Crippen LogP contribution in [0.15, 0.2) is 41.3 Å². The zero-order chi connectivity index (χ0) is 21.8. The van der Waals surface area contributed by atoms with Crippen LogP contribution in [0.4, 0.5) is 4.79 Å². The average molecular weight is 468 g/mol. The van der Waals surface area contributed by atoms with E-state index in [1.807, 2.05) is 0 Å². The second kappa shape index (κ2) is 9.42. The van der Waals surface area contributed by atoms with Gasteiger partial charge < -0.3 is 14.6 Å². The highest BCUT2D eigenvalue weighted by Gasteiger charge is 2.35. The summed E-state index contributed by atoms with van der Waals surface area (Å²) >= 11 is 13.1. The van der Waals surface area contributed by atoms with Crippen molar-refractivity contribution < 1.29 is 29.0 Å². The van der Waals surface area contributed by atoms with E-state index >= 15 is 0 Å². The van der Waals surface area contributed by atoms with E-state index in [1.165, 1.54) is 25.3 Å². The van der Waals surface area contributed by atoms with Gasteiger partial charge in [-0.3, -0.25) is 14.5 Å². The Morgan fingerprint density at radius 3 is 2.60 bits per heavy atom. The Morgan fingerprint density at radius 1 is 1.20 bits per heavy atom. The van der Waals surface area contributed by atoms with Crippen molar-refractivity contribution in [1.82, 2.24) is 4.90 Å². The van der Waals surface area contributed by atoms with Crippen molar-refractivity contribution in [3.63, 3.8) is 0 Å². The van der Waals surface area contributed by atoms with Gasteiger partial charge in [0.2, 0.25) is 0 Å². The number of aliphatic carboxylic acids is 1. The predicted octanol–water partition coefficient (Wildman–Crippen LogP) is 4.70. The number of carboxylic acids is 1. The largest absolute Gasteiger partial charge is 0.493 e. The third-order valence-electron chi connectivity index (χ3n) is 4.05. The molecule has 2 aromatic carbocycles. The number of halogens is 2. The van der Waals surface area contributed by atoms with Crippen molar-refractivity contribution in [1.29, 1.82) is 0 Å². The molecule has 0 bridgehead atoms. The number of hydrogen-bond donors (Lipinski definition) is 1. The summed E-state index contributed by atoms with van der Waals surface area (Å²) in [7, 11) is 1.38. The summed E-state index contributed by atoms with van der Waals surface area (Å²) in [4.78, 5) is 37.1. The summed E-state index contributed by atoms with van der Waals surface area (Å²) in [5.74, 6) is -1.34. The molecular formula is C20H15Cl2NO6S. The van der Waals surface area contributed by atoms with Crippen LogP contribution in [0.2, 0.25) is 10.0 Å². The quantitative estimate of drug-likeness (QED) is 0.589. The lowest BCUT2D eigenvalue weighted by Crippen LogP contribution is -2.27. The zero-order valence-electron chi connectivity index (χ0n) is 15.6. The van der Waals surface area contributed by atoms with Crippen LogP contribution in [0.25, 0.3) is 6.08 Å². The lowest BCUT2D eigenvalue weighted by molar-refractivity contribution is -0.139. The van der Waals surface area contributed by atoms with Crippen LogP contribution in [0, 0.1) is 0 Å². The average Bonchev–Trinajstić information content (AvgIpc) is 2.95. The van der Waals surface area contributed by atoms with Gasteiger partial charge in [-0.1, -0.05) is 41.4 Å². The molecule has 1 aliphatic heterocycles. The molecule has 0 radical (unpaired) electrons. The molecule has 0 aromatic heterocycles. The summed E-state index contributed by atoms with van der Waals surface area (Å²) in [6.07, 6.45) is 1.51. The second-order valence-corrected chi connectivity index (χ2v) is 7.88. The van der Waals surface area contributed by atoms with Crippen LogP contribution in [0.5, 0.6) is 11.5 Å². The van der Waals surface area contributed by atoms with E-state index in [4.69, 9.17) is 37.8 Å². The number of ether oxygens (including phenoxy) is 2. The van der Waals surface area contributed by atoms with Crippen molar-refractivity contribution in [3.05, 3.63) is 62.5 Å². The molecule has 10 heteroatoms. The monoisotopic (exact) mass is 467 g/mol. The molecule has 1 saturated heterocycles. The van der Waals surface area contributed by atoms with Crippen LogP contribution in [-0.2, 0) is 16.1 Å². The highest BCUT2D eigenvalue weighted by atomic mass is 35.5. The molecule has 1 fully saturated rings. The van der Waals surface area contributed by atoms with Crippen LogP contribution in [0.3, 0.4) is 0 Å². The topological polar surface area (TPSA) is 93.1 Å². The maximum Gasteiger partial charge on any atom is 0.341 e. The number of carboxylic acid groups (broad SMARTS) is 1. The molecule has 1 heterocycles. The first-order valence-electron chi connectivity index (χ1n) is 8.51. The Kier molecular flexibility index (Phi) is 6.91. The first-order chi connectivity index (χ1) is 14.3. The van der Waals surface area contributed by atoms with E-state index in [9.17, 15) is 14.4 Å². The van der Waals surface area contributed by atoms with Crippen molar-refractivity contribution >= 4 is 58.2 Å². The number of carbonyl (C=O) groups excluding carboxylic acids is 2. The number of amides is 2. The molecule has 30 heavy (non-hydrogen) atoms. The van der Waals surface area contributed by atoms with Gasteiger partial charge in [-0.05, 0) is 47.2 Å². The molecule has 0 spiro atoms. The van der Waals surface area contributed by atoms with Gasteiger partial charge in [0.25, 0.3) is 11.1 Å². The third kappa shape index (κ3) is 4.89. The highest BCUT2D eigenvalue weighted by Crippen LogP contribution is 2.39. The Morgan fingerprint density at radius 2 is 1.93 bits per heavy atom. The van der Waals surface area contributed by atoms with E-state index in [0.29, 0.717) is 16.1 Å². The standard InChI is InChI=1S/C20H15Cl2NO6S/c1-28-15-7-11(6-14(22)18(15)29-10-17(24)25)8-16-19(26)23(20(27)30-16)9-12-4-2-3-5-13(12)21/h2-8H,9-10H2,1H3,(H,24,25)/b16-8-. The van der Waals surface area contributed by atoms with E-state index in [1.54, 1.807) is 24.3 Å². The highest BCUT2D eigenvalue weighted by molar-refractivity contribution is 8.18. The fraction of sp³-hybridized carbons (Fsp3) is 0.150. The minimum atomic E-state index is -1.16. The van der Waals surface area contributed by atoms with Crippen molar-refractivity contribution in [2.75, 3.05) is 13.7 Å². The van der Waals surface area contributed by atoms with E-state index in [2.05, 4.69) is 0 Å². The SMILES string of the molecule is COc1cc(/C=C2\SC(=O)N(Cc3ccccc3Cl)C2=O)cc(Cl)c1OCC(=O)O. The molecule has 7 nitrogen and oxygen atoms in total. The molecule has 0 aliphatic carbocycles. The smallest absolute Gasteiger partial charge is 0.341 e. The van der Waals surface area contributed by atoms with Crippen LogP contribution in [-0.4, -0.2) is 40.8 Å². The van der Waals surface area contributed by atoms with Crippen molar-refractivity contribution in [2.24, 2.45) is 0 Å². The van der Waals surface area contributed by atoms with Gasteiger partial charge in [0.05, 0.1) is 23.6 Å². The molecule has 2 aromatic rings. The first kappa shape index (κ1) is 22.0. The number of thioether (sulfide) groups is 1. The third-order valence-corrected chi connectivity index (χ3v) is 5.61. The number of carbonyl (C=O) groups is 3. The number of nitrogens with zero attached hydrogens (tertiary/aromatic N) is 1. The number of imide groups is 1. The Balaban J connectivity index is 1.85. The maximum atomic E-state index is 12.7. The minimum Gasteiger partial charge on any atom is -0.493 e. The Labute approximate surface area is 186 Å². The van der Waals surface area contributed by atoms with Crippen LogP contribution < -0.4 is 9.47 Å². The number of benzene rings is 2. The molecule has 1 aliphatic rings. The summed E-state index contributed by atoms with van der Waals surface area (Å²) in [5.41, 5.74) is 1.15. The second-order valence-electron chi connectivity index (χ2n) is 6.08. The van der Waals surface area contributed by atoms with Crippen molar-refractivity contribution in [2.45, 2.75) is 6.54 Å². The van der Waals surface area contributed by atoms with E-state index < -0.39 is 23.7 Å². The predicted molar refractivity (Wildman–Crippen MR) is 114 cm³/mol. The van der Waals surface area contributed by atoms with Gasteiger partial charge in [0, 0.05) is 5.02 Å². The molecule has 156 valence electrons. The summed E-state index contributed by atoms with van der Waals surface area (Å²) < 4.78 is 10.4. The van der Waals surface area contributed by atoms with Gasteiger partial charge in [-0.25, -0.2) is 4.79 Å². The van der Waals surface area contributed by atoms with Gasteiger partial charge in [-0.15, -0.1) is 0 Å². The maximum absolute atomic E-state index is 12.7. The van der Waals surface area contributed by atoms with Gasteiger partial charge in [0.1, 0.15) is 0 Å². The number of hydrogen-bond acceptors (Lipinski definition) is 6. The molecular weight excluding hydrogens is 453 g/mol. The molecule has 0 unspecified atom stereocenters. The molecule has 0 saturated carbocycles. The number of rotatable bonds is 7. The molecule has 1 N–H and O–H groups in total. The molecule has 0 atom stereocenters. The van der Waals surface area contributed by atoms with Gasteiger partial charge in [-0.2, -0.15) is 0 Å². The number of methoxy groups -OCH3 is 1. The van der Waals surface area contributed by atoms with E-state index in [-0.39, 0.29) is 28.0 Å².